The van der Waals surface area contributed by atoms with Crippen molar-refractivity contribution in [2.75, 3.05) is 31.6 Å². The number of amides is 1. The molecule has 0 radical (unpaired) electrons. The van der Waals surface area contributed by atoms with Crippen LogP contribution in [-0.2, 0) is 19.9 Å². The predicted octanol–water partition coefficient (Wildman–Crippen LogP) is 3.49. The van der Waals surface area contributed by atoms with Crippen LogP contribution in [0.1, 0.15) is 37.4 Å². The molecule has 6 rings (SSSR count). The summed E-state index contributed by atoms with van der Waals surface area (Å²) in [7, 11) is 0. The van der Waals surface area contributed by atoms with Crippen molar-refractivity contribution in [3.8, 4) is 0 Å². The van der Waals surface area contributed by atoms with Crippen molar-refractivity contribution in [1.29, 1.82) is 0 Å². The molecule has 40 heavy (non-hydrogen) atoms. The number of hydrogen-bond acceptors (Lipinski definition) is 9. The van der Waals surface area contributed by atoms with Crippen molar-refractivity contribution in [3.05, 3.63) is 84.3 Å². The topological polar surface area (TPSA) is 114 Å². The van der Waals surface area contributed by atoms with Gasteiger partial charge in [0.1, 0.15) is 5.82 Å². The molecule has 0 saturated carbocycles. The van der Waals surface area contributed by atoms with E-state index in [9.17, 15) is 9.18 Å². The van der Waals surface area contributed by atoms with Gasteiger partial charge in [-0.05, 0) is 56.5 Å². The van der Waals surface area contributed by atoms with Gasteiger partial charge < -0.3 is 30.3 Å². The first-order valence-corrected chi connectivity index (χ1v) is 13.5. The summed E-state index contributed by atoms with van der Waals surface area (Å²) in [6.07, 6.45) is 9.20. The average Bonchev–Trinajstić information content (AvgIpc) is 3.45. The molecule has 3 aromatic rings. The lowest BCUT2D eigenvalue weighted by Crippen LogP contribution is -2.62. The Morgan fingerprint density at radius 3 is 2.48 bits per heavy atom. The second kappa shape index (κ2) is 10.8. The number of carbonyl (C=O) groups excluding carboxylic acids is 1. The summed E-state index contributed by atoms with van der Waals surface area (Å²) in [5.41, 5.74) is 0.957. The highest BCUT2D eigenvalue weighted by molar-refractivity contribution is 5.83. The highest BCUT2D eigenvalue weighted by atomic mass is 19.1. The molecule has 2 fully saturated rings. The van der Waals surface area contributed by atoms with E-state index in [1.165, 1.54) is 12.1 Å². The molecular weight excluding hydrogens is 513 g/mol. The van der Waals surface area contributed by atoms with E-state index in [4.69, 9.17) is 9.47 Å². The van der Waals surface area contributed by atoms with Gasteiger partial charge in [-0.15, -0.1) is 0 Å². The first-order chi connectivity index (χ1) is 19.5. The molecule has 0 spiro atoms. The molecule has 0 bridgehead atoms. The Morgan fingerprint density at radius 1 is 1.02 bits per heavy atom. The van der Waals surface area contributed by atoms with Crippen molar-refractivity contribution in [2.24, 2.45) is 5.41 Å². The number of piperidine rings is 1. The number of nitrogens with zero attached hydrogens (tertiary/aromatic N) is 4. The van der Waals surface area contributed by atoms with E-state index in [1.807, 2.05) is 24.0 Å². The Kier molecular flexibility index (Phi) is 7.07. The van der Waals surface area contributed by atoms with Crippen LogP contribution < -0.4 is 16.0 Å². The SMILES string of the molecule is CC1(C(=O)N2CCCCC2)COC(C2(c3ccc(F)cc3)NC=C(c3ccnc(Nc4ccncc4)n3)N2)OC1. The van der Waals surface area contributed by atoms with E-state index < -0.39 is 17.4 Å². The van der Waals surface area contributed by atoms with Crippen molar-refractivity contribution >= 4 is 23.2 Å². The van der Waals surface area contributed by atoms with E-state index in [1.54, 1.807) is 43.0 Å². The summed E-state index contributed by atoms with van der Waals surface area (Å²) in [6.45, 7) is 3.82. The minimum atomic E-state index is -1.08. The largest absolute Gasteiger partial charge is 0.359 e. The van der Waals surface area contributed by atoms with Crippen molar-refractivity contribution in [2.45, 2.75) is 38.1 Å². The third kappa shape index (κ3) is 5.09. The van der Waals surface area contributed by atoms with Crippen LogP contribution >= 0.6 is 0 Å². The molecule has 3 aliphatic heterocycles. The number of likely N-dealkylation sites (tertiary alicyclic amines) is 1. The number of aromatic nitrogens is 3. The fraction of sp³-hybridized carbons (Fsp3) is 0.379. The Hall–Kier alpha value is -4.09. The number of pyridine rings is 1. The minimum Gasteiger partial charge on any atom is -0.359 e. The van der Waals surface area contributed by atoms with Crippen molar-refractivity contribution in [3.63, 3.8) is 0 Å². The van der Waals surface area contributed by atoms with Crippen LogP contribution in [0.4, 0.5) is 16.0 Å². The second-order valence-electron chi connectivity index (χ2n) is 10.6. The van der Waals surface area contributed by atoms with Gasteiger partial charge in [0.2, 0.25) is 18.1 Å². The van der Waals surface area contributed by atoms with Crippen molar-refractivity contribution < 1.29 is 18.7 Å². The molecule has 2 aromatic heterocycles. The molecule has 1 atom stereocenters. The standard InChI is InChI=1S/C29H32FN7O3/c1-28(25(38)37-15-3-2-4-16-37)18-39-26(40-19-28)29(20-5-7-21(30)8-6-20)33-17-24(36-29)23-11-14-32-27(35-23)34-22-9-12-31-13-10-22/h5-14,17,26,33,36H,2-4,15-16,18-19H2,1H3,(H,31,32,34,35). The fourth-order valence-electron chi connectivity index (χ4n) is 5.33. The highest BCUT2D eigenvalue weighted by Gasteiger charge is 2.51. The Labute approximate surface area is 232 Å². The Bertz CT molecular complexity index is 1370. The lowest BCUT2D eigenvalue weighted by Gasteiger charge is -2.45. The number of carbonyl (C=O) groups is 1. The molecule has 0 aliphatic carbocycles. The number of benzene rings is 1. The molecule has 3 aliphatic rings. The molecule has 10 nitrogen and oxygen atoms in total. The van der Waals surface area contributed by atoms with Gasteiger partial charge >= 0.3 is 0 Å². The van der Waals surface area contributed by atoms with Gasteiger partial charge in [0.25, 0.3) is 0 Å². The van der Waals surface area contributed by atoms with Gasteiger partial charge in [-0.2, -0.15) is 0 Å². The molecule has 1 amide bonds. The van der Waals surface area contributed by atoms with Gasteiger partial charge in [-0.25, -0.2) is 14.4 Å². The first kappa shape index (κ1) is 26.1. The quantitative estimate of drug-likeness (QED) is 0.428. The van der Waals surface area contributed by atoms with E-state index >= 15 is 0 Å². The lowest BCUT2D eigenvalue weighted by atomic mass is 9.88. The minimum absolute atomic E-state index is 0.0582. The third-order valence-electron chi connectivity index (χ3n) is 7.56. The zero-order chi connectivity index (χ0) is 27.6. The third-order valence-corrected chi connectivity index (χ3v) is 7.56. The number of nitrogens with one attached hydrogen (secondary N) is 3. The zero-order valence-electron chi connectivity index (χ0n) is 22.3. The van der Waals surface area contributed by atoms with Gasteiger partial charge in [0, 0.05) is 49.1 Å². The van der Waals surface area contributed by atoms with E-state index in [0.717, 1.165) is 38.0 Å². The van der Waals surface area contributed by atoms with Crippen LogP contribution in [0, 0.1) is 11.2 Å². The smallest absolute Gasteiger partial charge is 0.233 e. The molecule has 1 aromatic carbocycles. The van der Waals surface area contributed by atoms with Gasteiger partial charge in [0.15, 0.2) is 5.66 Å². The normalized spacial score (nSPS) is 26.4. The van der Waals surface area contributed by atoms with Crippen LogP contribution in [-0.4, -0.2) is 58.4 Å². The number of rotatable bonds is 6. The maximum absolute atomic E-state index is 13.9. The molecule has 208 valence electrons. The number of halogens is 1. The summed E-state index contributed by atoms with van der Waals surface area (Å²) in [6, 6.07) is 11.6. The van der Waals surface area contributed by atoms with Crippen LogP contribution in [0.2, 0.25) is 0 Å². The Morgan fingerprint density at radius 2 is 1.75 bits per heavy atom. The molecule has 11 heteroatoms. The summed E-state index contributed by atoms with van der Waals surface area (Å²) in [5.74, 6) is 0.128. The van der Waals surface area contributed by atoms with E-state index in [-0.39, 0.29) is 24.9 Å². The maximum Gasteiger partial charge on any atom is 0.233 e. The summed E-state index contributed by atoms with van der Waals surface area (Å²) in [4.78, 5) is 28.3. The molecule has 3 N–H and O–H groups in total. The van der Waals surface area contributed by atoms with Gasteiger partial charge in [0.05, 0.1) is 30.0 Å². The number of hydrogen-bond donors (Lipinski definition) is 3. The fourth-order valence-corrected chi connectivity index (χ4v) is 5.33. The number of anilines is 2. The average molecular weight is 546 g/mol. The Balaban J connectivity index is 1.22. The molecule has 2 saturated heterocycles. The maximum atomic E-state index is 13.9. The van der Waals surface area contributed by atoms with Gasteiger partial charge in [-0.1, -0.05) is 12.1 Å². The highest BCUT2D eigenvalue weighted by Crippen LogP contribution is 2.38. The van der Waals surface area contributed by atoms with Crippen molar-refractivity contribution in [1.82, 2.24) is 30.5 Å². The molecule has 5 heterocycles. The lowest BCUT2D eigenvalue weighted by molar-refractivity contribution is -0.258. The zero-order valence-corrected chi connectivity index (χ0v) is 22.3. The summed E-state index contributed by atoms with van der Waals surface area (Å²) >= 11 is 0. The van der Waals surface area contributed by atoms with Crippen LogP contribution in [0.25, 0.3) is 5.70 Å². The summed E-state index contributed by atoms with van der Waals surface area (Å²) < 4.78 is 26.5. The van der Waals surface area contributed by atoms with Crippen LogP contribution in [0.5, 0.6) is 0 Å². The van der Waals surface area contributed by atoms with Crippen LogP contribution in [0.3, 0.4) is 0 Å². The number of ether oxygens (including phenoxy) is 2. The monoisotopic (exact) mass is 545 g/mol. The van der Waals surface area contributed by atoms with Crippen LogP contribution in [0.15, 0.2) is 67.3 Å². The molecule has 1 unspecified atom stereocenters. The second-order valence-corrected chi connectivity index (χ2v) is 10.6. The summed E-state index contributed by atoms with van der Waals surface area (Å²) in [5, 5.41) is 10.0. The predicted molar refractivity (Wildman–Crippen MR) is 146 cm³/mol. The van der Waals surface area contributed by atoms with E-state index in [2.05, 4.69) is 30.9 Å². The first-order valence-electron chi connectivity index (χ1n) is 13.5. The van der Waals surface area contributed by atoms with Gasteiger partial charge in [-0.3, -0.25) is 9.78 Å². The van der Waals surface area contributed by atoms with E-state index in [0.29, 0.717) is 22.9 Å². The molecular formula is C29H32FN7O3.